The van der Waals surface area contributed by atoms with E-state index in [9.17, 15) is 8.42 Å². The lowest BCUT2D eigenvalue weighted by atomic mass is 10.2. The third-order valence-electron chi connectivity index (χ3n) is 1.46. The van der Waals surface area contributed by atoms with Gasteiger partial charge in [-0.1, -0.05) is 22.6 Å². The first-order chi connectivity index (χ1) is 3.91. The molecular formula is C5H9IO2S. The van der Waals surface area contributed by atoms with Crippen LogP contribution in [0.25, 0.3) is 0 Å². The zero-order chi connectivity index (χ0) is 7.12. The summed E-state index contributed by atoms with van der Waals surface area (Å²) in [5.41, 5.74) is 0. The molecule has 1 heterocycles. The van der Waals surface area contributed by atoms with E-state index in [1.165, 1.54) is 0 Å². The molecule has 1 atom stereocenters. The summed E-state index contributed by atoms with van der Waals surface area (Å²) in [4.78, 5) is 0. The van der Waals surface area contributed by atoms with E-state index < -0.39 is 9.84 Å². The zero-order valence-corrected chi connectivity index (χ0v) is 8.20. The molecule has 0 amide bonds. The van der Waals surface area contributed by atoms with Crippen LogP contribution in [0.4, 0.5) is 0 Å². The largest absolute Gasteiger partial charge is 0.229 e. The molecule has 0 N–H and O–H groups in total. The number of sulfone groups is 1. The molecule has 2 nitrogen and oxygen atoms in total. The topological polar surface area (TPSA) is 34.1 Å². The van der Waals surface area contributed by atoms with Crippen molar-refractivity contribution >= 4 is 32.4 Å². The second kappa shape index (κ2) is 2.08. The standard InChI is InChI=1S/C5H9IO2S/c1-5(6)2-3-9(7,8)4-5/h2-4H2,1H3. The quantitative estimate of drug-likeness (QED) is 0.481. The van der Waals surface area contributed by atoms with Gasteiger partial charge >= 0.3 is 0 Å². The molecule has 1 saturated heterocycles. The number of alkyl halides is 1. The lowest BCUT2D eigenvalue weighted by molar-refractivity contribution is 0.601. The van der Waals surface area contributed by atoms with Crippen LogP contribution in [0.1, 0.15) is 13.3 Å². The highest BCUT2D eigenvalue weighted by Crippen LogP contribution is 2.31. The van der Waals surface area contributed by atoms with Crippen molar-refractivity contribution in [1.29, 1.82) is 0 Å². The van der Waals surface area contributed by atoms with Crippen LogP contribution in [-0.4, -0.2) is 23.3 Å². The van der Waals surface area contributed by atoms with Gasteiger partial charge in [0.1, 0.15) is 0 Å². The van der Waals surface area contributed by atoms with Gasteiger partial charge in [-0.15, -0.1) is 0 Å². The molecule has 0 aliphatic carbocycles. The van der Waals surface area contributed by atoms with E-state index in [-0.39, 0.29) is 3.42 Å². The molecule has 0 saturated carbocycles. The lowest BCUT2D eigenvalue weighted by Crippen LogP contribution is -2.16. The fourth-order valence-corrected chi connectivity index (χ4v) is 5.00. The highest BCUT2D eigenvalue weighted by atomic mass is 127. The second-order valence-electron chi connectivity index (χ2n) is 2.76. The summed E-state index contributed by atoms with van der Waals surface area (Å²) < 4.78 is 21.7. The molecule has 1 aliphatic heterocycles. The van der Waals surface area contributed by atoms with Crippen molar-refractivity contribution in [2.45, 2.75) is 16.8 Å². The molecule has 1 fully saturated rings. The maximum atomic E-state index is 10.8. The van der Waals surface area contributed by atoms with Crippen molar-refractivity contribution in [3.63, 3.8) is 0 Å². The van der Waals surface area contributed by atoms with Crippen molar-refractivity contribution in [3.8, 4) is 0 Å². The van der Waals surface area contributed by atoms with Crippen LogP contribution in [0.2, 0.25) is 0 Å². The summed E-state index contributed by atoms with van der Waals surface area (Å²) in [6, 6.07) is 0. The van der Waals surface area contributed by atoms with Crippen LogP contribution in [0.3, 0.4) is 0 Å². The maximum Gasteiger partial charge on any atom is 0.151 e. The maximum absolute atomic E-state index is 10.8. The predicted octanol–water partition coefficient (Wildman–Crippen LogP) is 0.999. The Morgan fingerprint density at radius 2 is 2.11 bits per heavy atom. The molecule has 4 heteroatoms. The Kier molecular flexibility index (Phi) is 1.80. The average Bonchev–Trinajstić information content (AvgIpc) is 1.78. The lowest BCUT2D eigenvalue weighted by Gasteiger charge is -2.09. The first kappa shape index (κ1) is 7.78. The third-order valence-corrected chi connectivity index (χ3v) is 4.80. The SMILES string of the molecule is CC1(I)CCS(=O)(=O)C1. The van der Waals surface area contributed by atoms with Crippen LogP contribution < -0.4 is 0 Å². The van der Waals surface area contributed by atoms with Gasteiger partial charge in [-0.05, 0) is 13.3 Å². The second-order valence-corrected chi connectivity index (χ2v) is 7.54. The van der Waals surface area contributed by atoms with Gasteiger partial charge in [-0.3, -0.25) is 0 Å². The van der Waals surface area contributed by atoms with Gasteiger partial charge in [0.05, 0.1) is 11.5 Å². The highest BCUT2D eigenvalue weighted by Gasteiger charge is 2.35. The van der Waals surface area contributed by atoms with Crippen LogP contribution in [0, 0.1) is 0 Å². The van der Waals surface area contributed by atoms with Crippen molar-refractivity contribution < 1.29 is 8.42 Å². The van der Waals surface area contributed by atoms with Gasteiger partial charge in [-0.25, -0.2) is 8.42 Å². The Hall–Kier alpha value is 0.680. The molecule has 0 aromatic rings. The Bertz CT molecular complexity index is 205. The summed E-state index contributed by atoms with van der Waals surface area (Å²) in [5.74, 6) is 0.743. The summed E-state index contributed by atoms with van der Waals surface area (Å²) in [7, 11) is -2.66. The van der Waals surface area contributed by atoms with E-state index in [1.807, 2.05) is 6.92 Å². The molecule has 9 heavy (non-hydrogen) atoms. The predicted molar refractivity (Wildman–Crippen MR) is 45.7 cm³/mol. The minimum Gasteiger partial charge on any atom is -0.229 e. The third kappa shape index (κ3) is 2.07. The number of rotatable bonds is 0. The van der Waals surface area contributed by atoms with Gasteiger partial charge in [0, 0.05) is 3.42 Å². The minimum atomic E-state index is -2.66. The van der Waals surface area contributed by atoms with Crippen LogP contribution in [0.5, 0.6) is 0 Å². The van der Waals surface area contributed by atoms with Crippen molar-refractivity contribution in [1.82, 2.24) is 0 Å². The smallest absolute Gasteiger partial charge is 0.151 e. The molecule has 0 aromatic heterocycles. The Morgan fingerprint density at radius 1 is 1.56 bits per heavy atom. The Morgan fingerprint density at radius 3 is 2.22 bits per heavy atom. The summed E-state index contributed by atoms with van der Waals surface area (Å²) in [6.07, 6.45) is 0.815. The van der Waals surface area contributed by atoms with Gasteiger partial charge in [0.25, 0.3) is 0 Å². The molecule has 0 spiro atoms. The normalized spacial score (nSPS) is 41.1. The van der Waals surface area contributed by atoms with Crippen molar-refractivity contribution in [2.24, 2.45) is 0 Å². The summed E-state index contributed by atoms with van der Waals surface area (Å²) in [5, 5.41) is 0. The highest BCUT2D eigenvalue weighted by molar-refractivity contribution is 14.1. The molecule has 1 rings (SSSR count). The van der Waals surface area contributed by atoms with E-state index >= 15 is 0 Å². The van der Waals surface area contributed by atoms with Crippen LogP contribution >= 0.6 is 22.6 Å². The molecule has 0 bridgehead atoms. The summed E-state index contributed by atoms with van der Waals surface area (Å²) >= 11 is 2.21. The van der Waals surface area contributed by atoms with Gasteiger partial charge in [0.2, 0.25) is 0 Å². The molecular weight excluding hydrogens is 251 g/mol. The number of hydrogen-bond acceptors (Lipinski definition) is 2. The Balaban J connectivity index is 2.81. The van der Waals surface area contributed by atoms with E-state index in [0.717, 1.165) is 6.42 Å². The number of halogens is 1. The number of hydrogen-bond donors (Lipinski definition) is 0. The Labute approximate surface area is 69.1 Å². The molecule has 1 unspecified atom stereocenters. The van der Waals surface area contributed by atoms with Crippen molar-refractivity contribution in [2.75, 3.05) is 11.5 Å². The molecule has 54 valence electrons. The molecule has 0 radical (unpaired) electrons. The van der Waals surface area contributed by atoms with E-state index in [4.69, 9.17) is 0 Å². The fourth-order valence-electron chi connectivity index (χ4n) is 0.971. The van der Waals surface area contributed by atoms with Gasteiger partial charge in [-0.2, -0.15) is 0 Å². The van der Waals surface area contributed by atoms with E-state index in [0.29, 0.717) is 11.5 Å². The summed E-state index contributed by atoms with van der Waals surface area (Å²) in [6.45, 7) is 1.98. The zero-order valence-electron chi connectivity index (χ0n) is 5.22. The van der Waals surface area contributed by atoms with Crippen LogP contribution in [-0.2, 0) is 9.84 Å². The molecule has 1 aliphatic rings. The van der Waals surface area contributed by atoms with Crippen LogP contribution in [0.15, 0.2) is 0 Å². The molecule has 0 aromatic carbocycles. The fraction of sp³-hybridized carbons (Fsp3) is 1.00. The monoisotopic (exact) mass is 260 g/mol. The van der Waals surface area contributed by atoms with Crippen molar-refractivity contribution in [3.05, 3.63) is 0 Å². The van der Waals surface area contributed by atoms with E-state index in [2.05, 4.69) is 22.6 Å². The van der Waals surface area contributed by atoms with E-state index in [1.54, 1.807) is 0 Å². The first-order valence-corrected chi connectivity index (χ1v) is 5.71. The first-order valence-electron chi connectivity index (χ1n) is 2.81. The minimum absolute atomic E-state index is 0.0105. The van der Waals surface area contributed by atoms with Gasteiger partial charge in [0.15, 0.2) is 9.84 Å². The average molecular weight is 260 g/mol. The van der Waals surface area contributed by atoms with Gasteiger partial charge < -0.3 is 0 Å².